The van der Waals surface area contributed by atoms with Crippen LogP contribution in [0.4, 0.5) is 0 Å². The summed E-state index contributed by atoms with van der Waals surface area (Å²) in [5.41, 5.74) is 3.09. The Morgan fingerprint density at radius 1 is 0.895 bits per heavy atom. The lowest BCUT2D eigenvalue weighted by Gasteiger charge is -2.33. The monoisotopic (exact) mass is 255 g/mol. The molecule has 2 aromatic carbocycles. The molecule has 2 nitrogen and oxygen atoms in total. The molecule has 0 heterocycles. The molecule has 2 aromatic rings. The van der Waals surface area contributed by atoms with Gasteiger partial charge in [-0.3, -0.25) is 0 Å². The lowest BCUT2D eigenvalue weighted by Crippen LogP contribution is -2.33. The molecule has 2 rings (SSSR count). The van der Waals surface area contributed by atoms with Crippen molar-refractivity contribution in [2.75, 3.05) is 14.2 Å². The van der Waals surface area contributed by atoms with Crippen molar-refractivity contribution in [3.05, 3.63) is 78.2 Å². The molecule has 0 saturated carbocycles. The van der Waals surface area contributed by atoms with Gasteiger partial charge in [0.25, 0.3) is 0 Å². The molecule has 0 saturated heterocycles. The third kappa shape index (κ3) is 2.42. The van der Waals surface area contributed by atoms with Crippen LogP contribution in [0.5, 0.6) is 0 Å². The van der Waals surface area contributed by atoms with Crippen molar-refractivity contribution in [3.63, 3.8) is 0 Å². The quantitative estimate of drug-likeness (QED) is 0.761. The highest BCUT2D eigenvalue weighted by Crippen LogP contribution is 2.35. The second kappa shape index (κ2) is 6.00. The fourth-order valence-corrected chi connectivity index (χ4v) is 2.41. The smallest absolute Gasteiger partial charge is 0.222 e. The van der Waals surface area contributed by atoms with E-state index in [1.807, 2.05) is 48.5 Å². The summed E-state index contributed by atoms with van der Waals surface area (Å²) < 4.78 is 11.5. The predicted octanol–water partition coefficient (Wildman–Crippen LogP) is 3.56. The Kier molecular flexibility index (Phi) is 4.35. The second-order valence-corrected chi connectivity index (χ2v) is 4.30. The Morgan fingerprint density at radius 3 is 2.05 bits per heavy atom. The van der Waals surface area contributed by atoms with E-state index >= 15 is 0 Å². The molecule has 0 amide bonds. The van der Waals surface area contributed by atoms with Crippen LogP contribution in [0.3, 0.4) is 0 Å². The molecule has 99 valence electrons. The minimum absolute atomic E-state index is 0.692. The summed E-state index contributed by atoms with van der Waals surface area (Å²) in [5, 5.41) is 0. The molecule has 2 heteroatoms. The van der Waals surface area contributed by atoms with Gasteiger partial charge in [-0.2, -0.15) is 0 Å². The summed E-state index contributed by atoms with van der Waals surface area (Å²) in [6.07, 6.45) is 0.692. The van der Waals surface area contributed by atoms with Gasteiger partial charge < -0.3 is 9.47 Å². The lowest BCUT2D eigenvalue weighted by molar-refractivity contribution is -0.184. The van der Waals surface area contributed by atoms with Crippen molar-refractivity contribution in [2.45, 2.75) is 12.2 Å². The largest absolute Gasteiger partial charge is 0.346 e. The van der Waals surface area contributed by atoms with Crippen molar-refractivity contribution in [3.8, 4) is 0 Å². The first-order valence-corrected chi connectivity index (χ1v) is 6.32. The highest BCUT2D eigenvalue weighted by Gasteiger charge is 2.35. The fourth-order valence-electron chi connectivity index (χ4n) is 2.41. The van der Waals surface area contributed by atoms with Crippen molar-refractivity contribution >= 4 is 0 Å². The second-order valence-electron chi connectivity index (χ2n) is 4.30. The molecule has 0 fully saturated rings. The predicted molar refractivity (Wildman–Crippen MR) is 76.7 cm³/mol. The minimum Gasteiger partial charge on any atom is -0.346 e. The van der Waals surface area contributed by atoms with E-state index in [1.165, 1.54) is 0 Å². The summed E-state index contributed by atoms with van der Waals surface area (Å²) in [5.74, 6) is -0.879. The average molecular weight is 255 g/mol. The number of benzene rings is 2. The molecular formula is C17H19O2. The van der Waals surface area contributed by atoms with Gasteiger partial charge in [0, 0.05) is 25.3 Å². The van der Waals surface area contributed by atoms with Crippen LogP contribution in [-0.4, -0.2) is 14.2 Å². The van der Waals surface area contributed by atoms with Gasteiger partial charge in [0.05, 0.1) is 0 Å². The Balaban J connectivity index is 2.63. The van der Waals surface area contributed by atoms with Gasteiger partial charge in [-0.25, -0.2) is 0 Å². The zero-order valence-corrected chi connectivity index (χ0v) is 11.4. The van der Waals surface area contributed by atoms with Crippen molar-refractivity contribution in [2.24, 2.45) is 0 Å². The fraction of sp³-hybridized carbons (Fsp3) is 0.235. The molecule has 0 aliphatic heterocycles. The van der Waals surface area contributed by atoms with Crippen LogP contribution in [0.1, 0.15) is 16.7 Å². The molecule has 0 N–H and O–H groups in total. The molecule has 0 unspecified atom stereocenters. The molecule has 0 spiro atoms. The van der Waals surface area contributed by atoms with Crippen LogP contribution < -0.4 is 0 Å². The van der Waals surface area contributed by atoms with Crippen molar-refractivity contribution < 1.29 is 9.47 Å². The van der Waals surface area contributed by atoms with E-state index in [4.69, 9.17) is 9.47 Å². The maximum Gasteiger partial charge on any atom is 0.222 e. The molecular weight excluding hydrogens is 236 g/mol. The first-order chi connectivity index (χ1) is 9.28. The molecule has 0 aliphatic rings. The zero-order chi connectivity index (χ0) is 13.7. The van der Waals surface area contributed by atoms with Crippen LogP contribution in [0, 0.1) is 6.92 Å². The van der Waals surface area contributed by atoms with E-state index in [0.717, 1.165) is 16.7 Å². The number of methoxy groups -OCH3 is 2. The SMILES string of the molecule is [CH2]Cc1ccccc1C(OC)(OC)c1ccccc1. The van der Waals surface area contributed by atoms with E-state index in [1.54, 1.807) is 14.2 Å². The highest BCUT2D eigenvalue weighted by atomic mass is 16.7. The first kappa shape index (κ1) is 13.8. The number of rotatable bonds is 5. The van der Waals surface area contributed by atoms with Crippen molar-refractivity contribution in [1.82, 2.24) is 0 Å². The highest BCUT2D eigenvalue weighted by molar-refractivity contribution is 5.39. The summed E-state index contributed by atoms with van der Waals surface area (Å²) in [4.78, 5) is 0. The van der Waals surface area contributed by atoms with Crippen molar-refractivity contribution in [1.29, 1.82) is 0 Å². The Hall–Kier alpha value is -1.64. The maximum atomic E-state index is 5.75. The van der Waals surface area contributed by atoms with Gasteiger partial charge in [-0.15, -0.1) is 0 Å². The average Bonchev–Trinajstić information content (AvgIpc) is 2.51. The third-order valence-electron chi connectivity index (χ3n) is 3.37. The maximum absolute atomic E-state index is 5.75. The summed E-state index contributed by atoms with van der Waals surface area (Å²) in [7, 11) is 3.33. The van der Waals surface area contributed by atoms with Gasteiger partial charge in [0.1, 0.15) is 0 Å². The number of hydrogen-bond acceptors (Lipinski definition) is 2. The van der Waals surface area contributed by atoms with E-state index in [2.05, 4.69) is 13.0 Å². The Labute approximate surface area is 115 Å². The Morgan fingerprint density at radius 2 is 1.47 bits per heavy atom. The molecule has 19 heavy (non-hydrogen) atoms. The first-order valence-electron chi connectivity index (χ1n) is 6.32. The number of hydrogen-bond donors (Lipinski definition) is 0. The molecule has 0 aromatic heterocycles. The van der Waals surface area contributed by atoms with Gasteiger partial charge >= 0.3 is 0 Å². The van der Waals surface area contributed by atoms with Crippen LogP contribution in [0.25, 0.3) is 0 Å². The van der Waals surface area contributed by atoms with Gasteiger partial charge in [0.15, 0.2) is 0 Å². The minimum atomic E-state index is -0.879. The standard InChI is InChI=1S/C17H19O2/c1-4-14-10-8-9-13-16(14)17(18-2,19-3)15-11-6-5-7-12-15/h5-13H,1,4H2,2-3H3. The molecule has 0 aliphatic carbocycles. The van der Waals surface area contributed by atoms with E-state index in [9.17, 15) is 0 Å². The van der Waals surface area contributed by atoms with Crippen LogP contribution >= 0.6 is 0 Å². The van der Waals surface area contributed by atoms with E-state index in [-0.39, 0.29) is 0 Å². The van der Waals surface area contributed by atoms with Gasteiger partial charge in [0.2, 0.25) is 5.79 Å². The summed E-state index contributed by atoms with van der Waals surface area (Å²) in [6.45, 7) is 3.98. The normalized spacial score (nSPS) is 11.5. The topological polar surface area (TPSA) is 18.5 Å². The number of ether oxygens (including phenoxy) is 2. The van der Waals surface area contributed by atoms with Gasteiger partial charge in [-0.1, -0.05) is 54.6 Å². The Bertz CT molecular complexity index is 516. The molecule has 0 bridgehead atoms. The van der Waals surface area contributed by atoms with E-state index in [0.29, 0.717) is 6.42 Å². The van der Waals surface area contributed by atoms with Crippen LogP contribution in [-0.2, 0) is 21.7 Å². The zero-order valence-electron chi connectivity index (χ0n) is 11.4. The van der Waals surface area contributed by atoms with E-state index < -0.39 is 5.79 Å². The summed E-state index contributed by atoms with van der Waals surface area (Å²) in [6, 6.07) is 18.0. The molecule has 0 atom stereocenters. The van der Waals surface area contributed by atoms with Crippen LogP contribution in [0.15, 0.2) is 54.6 Å². The lowest BCUT2D eigenvalue weighted by atomic mass is 9.92. The molecule has 1 radical (unpaired) electrons. The van der Waals surface area contributed by atoms with Gasteiger partial charge in [-0.05, 0) is 18.9 Å². The van der Waals surface area contributed by atoms with Crippen LogP contribution in [0.2, 0.25) is 0 Å². The summed E-state index contributed by atoms with van der Waals surface area (Å²) >= 11 is 0. The third-order valence-corrected chi connectivity index (χ3v) is 3.37.